The number of nitrogens with zero attached hydrogens (tertiary/aromatic N) is 1. The molecule has 2 rings (SSSR count). The van der Waals surface area contributed by atoms with Crippen LogP contribution in [0.3, 0.4) is 0 Å². The number of anilines is 1. The molecule has 0 saturated carbocycles. The number of nitrogens with one attached hydrogen (secondary N) is 2. The second-order valence-electron chi connectivity index (χ2n) is 4.76. The lowest BCUT2D eigenvalue weighted by Gasteiger charge is -2.13. The number of hydrogen-bond acceptors (Lipinski definition) is 2. The van der Waals surface area contributed by atoms with Gasteiger partial charge in [-0.15, -0.1) is 0 Å². The summed E-state index contributed by atoms with van der Waals surface area (Å²) in [5.41, 5.74) is 2.62. The molecule has 1 atom stereocenters. The topological polar surface area (TPSA) is 66.3 Å². The van der Waals surface area contributed by atoms with Gasteiger partial charge in [-0.05, 0) is 31.2 Å². The van der Waals surface area contributed by atoms with E-state index in [1.165, 1.54) is 0 Å². The summed E-state index contributed by atoms with van der Waals surface area (Å²) < 4.78 is 1.82. The van der Waals surface area contributed by atoms with Gasteiger partial charge in [-0.3, -0.25) is 0 Å². The number of carbonyl (C=O) groups is 1. The van der Waals surface area contributed by atoms with E-state index in [2.05, 4.69) is 10.6 Å². The molecule has 1 aromatic heterocycles. The molecule has 0 spiro atoms. The van der Waals surface area contributed by atoms with E-state index in [-0.39, 0.29) is 12.6 Å². The number of aromatic nitrogens is 1. The number of urea groups is 1. The van der Waals surface area contributed by atoms with Crippen LogP contribution in [0.4, 0.5) is 10.5 Å². The molecule has 1 heterocycles. The molecule has 1 aromatic carbocycles. The monoisotopic (exact) mass is 273 g/mol. The van der Waals surface area contributed by atoms with Gasteiger partial charge < -0.3 is 20.3 Å². The molecule has 5 nitrogen and oxygen atoms in total. The minimum atomic E-state index is -0.723. The van der Waals surface area contributed by atoms with Gasteiger partial charge in [0.15, 0.2) is 0 Å². The lowest BCUT2D eigenvalue weighted by molar-refractivity contribution is 0.167. The summed E-state index contributed by atoms with van der Waals surface area (Å²) in [4.78, 5) is 11.7. The van der Waals surface area contributed by atoms with Crippen LogP contribution in [0.15, 0.2) is 42.6 Å². The van der Waals surface area contributed by atoms with E-state index in [1.807, 2.05) is 61.1 Å². The first-order chi connectivity index (χ1) is 9.56. The van der Waals surface area contributed by atoms with E-state index >= 15 is 0 Å². The highest BCUT2D eigenvalue weighted by molar-refractivity contribution is 5.89. The summed E-state index contributed by atoms with van der Waals surface area (Å²) in [5, 5.41) is 15.3. The molecular weight excluding hydrogens is 254 g/mol. The SMILES string of the molecule is Cc1ccc(NC(=O)NCC(O)c2cccn2C)cc1. The van der Waals surface area contributed by atoms with Crippen molar-refractivity contribution >= 4 is 11.7 Å². The first kappa shape index (κ1) is 14.1. The average molecular weight is 273 g/mol. The number of benzene rings is 1. The van der Waals surface area contributed by atoms with Crippen molar-refractivity contribution in [1.29, 1.82) is 0 Å². The maximum Gasteiger partial charge on any atom is 0.319 e. The molecule has 0 aliphatic heterocycles. The van der Waals surface area contributed by atoms with E-state index in [0.717, 1.165) is 16.9 Å². The molecule has 2 aromatic rings. The molecule has 1 unspecified atom stereocenters. The van der Waals surface area contributed by atoms with Crippen LogP contribution in [0.2, 0.25) is 0 Å². The van der Waals surface area contributed by atoms with Crippen molar-refractivity contribution in [3.05, 3.63) is 53.9 Å². The number of carbonyl (C=O) groups excluding carboxylic acids is 1. The minimum absolute atomic E-state index is 0.162. The predicted molar refractivity (Wildman–Crippen MR) is 78.6 cm³/mol. The number of rotatable bonds is 4. The lowest BCUT2D eigenvalue weighted by atomic mass is 10.2. The fourth-order valence-electron chi connectivity index (χ4n) is 1.93. The Morgan fingerprint density at radius 1 is 1.30 bits per heavy atom. The standard InChI is InChI=1S/C15H19N3O2/c1-11-5-7-12(8-6-11)17-15(20)16-10-14(19)13-4-3-9-18(13)2/h3-9,14,19H,10H2,1-2H3,(H2,16,17,20). The highest BCUT2D eigenvalue weighted by atomic mass is 16.3. The molecule has 106 valence electrons. The number of hydrogen-bond donors (Lipinski definition) is 3. The summed E-state index contributed by atoms with van der Waals surface area (Å²) in [6.45, 7) is 2.15. The molecule has 0 radical (unpaired) electrons. The van der Waals surface area contributed by atoms with E-state index in [0.29, 0.717) is 0 Å². The van der Waals surface area contributed by atoms with Crippen molar-refractivity contribution in [2.24, 2.45) is 7.05 Å². The molecule has 0 bridgehead atoms. The van der Waals surface area contributed by atoms with Crippen molar-refractivity contribution in [3.8, 4) is 0 Å². The molecule has 0 fully saturated rings. The van der Waals surface area contributed by atoms with Gasteiger partial charge in [0.05, 0.1) is 6.54 Å². The normalized spacial score (nSPS) is 11.9. The molecule has 5 heteroatoms. The highest BCUT2D eigenvalue weighted by Crippen LogP contribution is 2.12. The van der Waals surface area contributed by atoms with Crippen LogP contribution in [0.25, 0.3) is 0 Å². The van der Waals surface area contributed by atoms with Gasteiger partial charge in [-0.1, -0.05) is 17.7 Å². The Labute approximate surface area is 118 Å². The average Bonchev–Trinajstić information content (AvgIpc) is 2.85. The maximum absolute atomic E-state index is 11.7. The van der Waals surface area contributed by atoms with E-state index in [1.54, 1.807) is 0 Å². The molecule has 2 amide bonds. The van der Waals surface area contributed by atoms with Gasteiger partial charge in [0, 0.05) is 24.6 Å². The second kappa shape index (κ2) is 6.25. The Kier molecular flexibility index (Phi) is 4.42. The maximum atomic E-state index is 11.7. The third-order valence-electron chi connectivity index (χ3n) is 3.09. The Bertz CT molecular complexity index is 575. The molecule has 3 N–H and O–H groups in total. The van der Waals surface area contributed by atoms with Crippen molar-refractivity contribution in [1.82, 2.24) is 9.88 Å². The third kappa shape index (κ3) is 3.61. The Morgan fingerprint density at radius 2 is 2.00 bits per heavy atom. The minimum Gasteiger partial charge on any atom is -0.385 e. The number of amides is 2. The zero-order valence-corrected chi connectivity index (χ0v) is 11.6. The zero-order chi connectivity index (χ0) is 14.5. The van der Waals surface area contributed by atoms with Crippen LogP contribution in [-0.2, 0) is 7.05 Å². The Hall–Kier alpha value is -2.27. The van der Waals surface area contributed by atoms with Crippen LogP contribution in [0, 0.1) is 6.92 Å². The summed E-state index contributed by atoms with van der Waals surface area (Å²) in [7, 11) is 1.85. The van der Waals surface area contributed by atoms with Gasteiger partial charge in [0.25, 0.3) is 0 Å². The Balaban J connectivity index is 1.83. The second-order valence-corrected chi connectivity index (χ2v) is 4.76. The number of aliphatic hydroxyl groups excluding tert-OH is 1. The van der Waals surface area contributed by atoms with Crippen LogP contribution in [-0.4, -0.2) is 22.2 Å². The third-order valence-corrected chi connectivity index (χ3v) is 3.09. The van der Waals surface area contributed by atoms with Crippen molar-refractivity contribution < 1.29 is 9.90 Å². The van der Waals surface area contributed by atoms with Gasteiger partial charge >= 0.3 is 6.03 Å². The van der Waals surface area contributed by atoms with E-state index < -0.39 is 6.10 Å². The molecule has 0 aliphatic rings. The summed E-state index contributed by atoms with van der Waals surface area (Å²) in [6, 6.07) is 10.9. The van der Waals surface area contributed by atoms with E-state index in [9.17, 15) is 9.90 Å². The van der Waals surface area contributed by atoms with Crippen molar-refractivity contribution in [2.45, 2.75) is 13.0 Å². The highest BCUT2D eigenvalue weighted by Gasteiger charge is 2.11. The number of aliphatic hydroxyl groups is 1. The zero-order valence-electron chi connectivity index (χ0n) is 11.6. The first-order valence-corrected chi connectivity index (χ1v) is 6.47. The largest absolute Gasteiger partial charge is 0.385 e. The van der Waals surface area contributed by atoms with Gasteiger partial charge in [-0.2, -0.15) is 0 Å². The first-order valence-electron chi connectivity index (χ1n) is 6.47. The molecule has 0 saturated heterocycles. The lowest BCUT2D eigenvalue weighted by Crippen LogP contribution is -2.32. The van der Waals surface area contributed by atoms with Crippen LogP contribution in [0.1, 0.15) is 17.4 Å². The summed E-state index contributed by atoms with van der Waals surface area (Å²) in [6.07, 6.45) is 1.13. The Morgan fingerprint density at radius 3 is 2.60 bits per heavy atom. The van der Waals surface area contributed by atoms with Gasteiger partial charge in [-0.25, -0.2) is 4.79 Å². The van der Waals surface area contributed by atoms with Crippen molar-refractivity contribution in [2.75, 3.05) is 11.9 Å². The van der Waals surface area contributed by atoms with Gasteiger partial charge in [0.2, 0.25) is 0 Å². The predicted octanol–water partition coefficient (Wildman–Crippen LogP) is 2.19. The fourth-order valence-corrected chi connectivity index (χ4v) is 1.93. The van der Waals surface area contributed by atoms with Crippen molar-refractivity contribution in [3.63, 3.8) is 0 Å². The van der Waals surface area contributed by atoms with E-state index in [4.69, 9.17) is 0 Å². The molecular formula is C15H19N3O2. The molecule has 0 aliphatic carbocycles. The summed E-state index contributed by atoms with van der Waals surface area (Å²) >= 11 is 0. The van der Waals surface area contributed by atoms with Crippen LogP contribution >= 0.6 is 0 Å². The van der Waals surface area contributed by atoms with Crippen LogP contribution < -0.4 is 10.6 Å². The fraction of sp³-hybridized carbons (Fsp3) is 0.267. The quantitative estimate of drug-likeness (QED) is 0.799. The smallest absolute Gasteiger partial charge is 0.319 e. The summed E-state index contributed by atoms with van der Waals surface area (Å²) in [5.74, 6) is 0. The number of aryl methyl sites for hydroxylation is 2. The molecule has 20 heavy (non-hydrogen) atoms. The van der Waals surface area contributed by atoms with Gasteiger partial charge in [0.1, 0.15) is 6.10 Å². The van der Waals surface area contributed by atoms with Crippen LogP contribution in [0.5, 0.6) is 0 Å².